The van der Waals surface area contributed by atoms with E-state index in [2.05, 4.69) is 104 Å². The predicted octanol–water partition coefficient (Wildman–Crippen LogP) is 11.7. The summed E-state index contributed by atoms with van der Waals surface area (Å²) in [4.78, 5) is 0. The molecule has 0 aliphatic carbocycles. The van der Waals surface area contributed by atoms with E-state index in [1.165, 1.54) is 32.1 Å². The van der Waals surface area contributed by atoms with Crippen LogP contribution in [0.15, 0.2) is 0 Å². The smallest absolute Gasteiger partial charge is 0.0407 e. The summed E-state index contributed by atoms with van der Waals surface area (Å²) in [5.41, 5.74) is 5.35. The van der Waals surface area contributed by atoms with Crippen LogP contribution in [0.1, 0.15) is 136 Å². The minimum Gasteiger partial charge on any atom is -0.0682 e. The van der Waals surface area contributed by atoms with E-state index in [-0.39, 0.29) is 0 Å². The molecule has 0 bridgehead atoms. The normalized spacial score (nSPS) is 39.9. The fourth-order valence-electron chi connectivity index (χ4n) is 13.0. The van der Waals surface area contributed by atoms with Gasteiger partial charge in [-0.15, -0.1) is 0 Å². The van der Waals surface area contributed by atoms with E-state index < -0.39 is 35.5 Å². The van der Waals surface area contributed by atoms with Gasteiger partial charge in [-0.25, -0.2) is 0 Å². The van der Waals surface area contributed by atoms with E-state index in [0.29, 0.717) is 0 Å². The van der Waals surface area contributed by atoms with Crippen LogP contribution in [0.4, 0.5) is 0 Å². The van der Waals surface area contributed by atoms with Crippen LogP contribution >= 0.6 is 0 Å². The van der Waals surface area contributed by atoms with Gasteiger partial charge in [0.25, 0.3) is 0 Å². The highest BCUT2D eigenvalue weighted by molar-refractivity contribution is 8.15. The third-order valence-corrected chi connectivity index (χ3v) is 139. The first-order valence-electron chi connectivity index (χ1n) is 16.5. The summed E-state index contributed by atoms with van der Waals surface area (Å²) in [6.45, 7) is 41.5. The third-order valence-electron chi connectivity index (χ3n) is 14.0. The van der Waals surface area contributed by atoms with Crippen molar-refractivity contribution >= 4 is 35.5 Å². The zero-order valence-electron chi connectivity index (χ0n) is 27.5. The number of hydrogen-bond acceptors (Lipinski definition) is 0. The Balaban J connectivity index is 4.87. The zero-order chi connectivity index (χ0) is 27.5. The van der Waals surface area contributed by atoms with Gasteiger partial charge in [-0.05, 0) is 0 Å². The van der Waals surface area contributed by atoms with E-state index >= 15 is 0 Å². The van der Waals surface area contributed by atoms with Crippen molar-refractivity contribution in [3.05, 3.63) is 0 Å². The lowest BCUT2D eigenvalue weighted by Gasteiger charge is -2.62. The first kappa shape index (κ1) is 34.1. The molecule has 210 valence electrons. The van der Waals surface area contributed by atoms with Crippen LogP contribution in [0.3, 0.4) is 0 Å². The maximum atomic E-state index is 2.87. The van der Waals surface area contributed by atoms with Crippen molar-refractivity contribution < 1.29 is 0 Å². The Kier molecular flexibility index (Phi) is 12.6. The molecule has 5 unspecified atom stereocenters. The highest BCUT2D eigenvalue weighted by Crippen LogP contribution is 2.73. The van der Waals surface area contributed by atoms with Crippen molar-refractivity contribution in [3.63, 3.8) is 0 Å². The molecule has 0 spiro atoms. The fraction of sp³-hybridized carbons (Fsp3) is 1.00. The number of hydrogen-bond donors (Lipinski definition) is 0. The van der Waals surface area contributed by atoms with E-state index in [9.17, 15) is 0 Å². The Morgan fingerprint density at radius 3 is 0.457 bits per heavy atom. The molecule has 0 amide bonds. The lowest BCUT2D eigenvalue weighted by molar-refractivity contribution is 0.809. The molecular weight excluding hydrogens is 501 g/mol. The van der Waals surface area contributed by atoms with Crippen molar-refractivity contribution in [1.29, 1.82) is 0 Å². The van der Waals surface area contributed by atoms with E-state index in [4.69, 9.17) is 0 Å². The van der Waals surface area contributed by atoms with Crippen LogP contribution in [0.5, 0.6) is 0 Å². The second-order valence-electron chi connectivity index (χ2n) is 13.2. The summed E-state index contributed by atoms with van der Waals surface area (Å²) in [5, 5.41) is 0. The standard InChI is InChI=1S/C30H70Si5/c1-16-26(11)31(21-6)32(22-7,27(12)17-2)34(24-9,29(14)19-4)35(25-10,30(15)20-5)33(31,23-8)28(13)18-3/h26-30H,16-25H2,1-15H3. The second-order valence-corrected chi connectivity index (χ2v) is 65.6. The summed E-state index contributed by atoms with van der Waals surface area (Å²) < 4.78 is 0. The Hall–Kier alpha value is 1.08. The lowest BCUT2D eigenvalue weighted by Crippen LogP contribution is -2.80. The molecule has 0 saturated carbocycles. The monoisotopic (exact) mass is 570 g/mol. The van der Waals surface area contributed by atoms with E-state index in [1.807, 2.05) is 0 Å². The molecule has 0 aromatic heterocycles. The zero-order valence-corrected chi connectivity index (χ0v) is 32.5. The topological polar surface area (TPSA) is 0 Å². The molecule has 35 heavy (non-hydrogen) atoms. The Morgan fingerprint density at radius 2 is 0.400 bits per heavy atom. The molecule has 1 rings (SSSR count). The van der Waals surface area contributed by atoms with E-state index in [1.54, 1.807) is 30.2 Å². The van der Waals surface area contributed by atoms with Crippen LogP contribution in [0.25, 0.3) is 0 Å². The molecule has 1 aliphatic rings. The molecule has 0 nitrogen and oxygen atoms in total. The van der Waals surface area contributed by atoms with Gasteiger partial charge in [0, 0.05) is 35.5 Å². The third kappa shape index (κ3) is 3.76. The average molecular weight is 571 g/mol. The van der Waals surface area contributed by atoms with Gasteiger partial charge in [0.05, 0.1) is 0 Å². The lowest BCUT2D eigenvalue weighted by atomic mass is 10.4. The van der Waals surface area contributed by atoms with E-state index in [0.717, 1.165) is 27.7 Å². The minimum atomic E-state index is -1.51. The molecule has 0 aromatic carbocycles. The SMILES string of the molecule is CCC(C)[Si]1(CC)[Si](CC)(C(C)CC)[Si](CC)(C(C)CC)[Si](CC)(C(C)CC)[Si]1(CC)C(C)CC. The Labute approximate surface area is 228 Å². The molecular formula is C30H70Si5. The van der Waals surface area contributed by atoms with Crippen molar-refractivity contribution in [1.82, 2.24) is 0 Å². The molecule has 5 heteroatoms. The quantitative estimate of drug-likeness (QED) is 0.172. The first-order chi connectivity index (χ1) is 16.5. The molecule has 5 atom stereocenters. The summed E-state index contributed by atoms with van der Waals surface area (Å²) in [6.07, 6.45) is 7.43. The van der Waals surface area contributed by atoms with Crippen LogP contribution in [-0.4, -0.2) is 35.5 Å². The van der Waals surface area contributed by atoms with Gasteiger partial charge in [-0.3, -0.25) is 0 Å². The van der Waals surface area contributed by atoms with Gasteiger partial charge >= 0.3 is 0 Å². The first-order valence-corrected chi connectivity index (χ1v) is 32.9. The Bertz CT molecular complexity index is 509. The molecule has 0 aromatic rings. The molecule has 1 aliphatic heterocycles. The summed E-state index contributed by atoms with van der Waals surface area (Å²) in [6, 6.07) is 8.37. The Morgan fingerprint density at radius 1 is 0.286 bits per heavy atom. The highest BCUT2D eigenvalue weighted by atomic mass is 30.2. The van der Waals surface area contributed by atoms with Gasteiger partial charge in [0.2, 0.25) is 0 Å². The summed E-state index contributed by atoms with van der Waals surface area (Å²) >= 11 is 0. The van der Waals surface area contributed by atoms with Gasteiger partial charge in [-0.1, -0.05) is 194 Å². The van der Waals surface area contributed by atoms with Crippen LogP contribution in [0, 0.1) is 0 Å². The summed E-state index contributed by atoms with van der Waals surface area (Å²) in [5.74, 6) is 0. The summed E-state index contributed by atoms with van der Waals surface area (Å²) in [7, 11) is -7.53. The van der Waals surface area contributed by atoms with Crippen LogP contribution in [0.2, 0.25) is 57.9 Å². The average Bonchev–Trinajstić information content (AvgIpc) is 3.08. The predicted molar refractivity (Wildman–Crippen MR) is 180 cm³/mol. The second kappa shape index (κ2) is 13.0. The fourth-order valence-corrected chi connectivity index (χ4v) is 253. The van der Waals surface area contributed by atoms with Crippen molar-refractivity contribution in [3.8, 4) is 0 Å². The molecule has 0 N–H and O–H groups in total. The molecule has 1 fully saturated rings. The van der Waals surface area contributed by atoms with Crippen LogP contribution in [-0.2, 0) is 0 Å². The van der Waals surface area contributed by atoms with Crippen LogP contribution < -0.4 is 0 Å². The van der Waals surface area contributed by atoms with Gasteiger partial charge < -0.3 is 0 Å². The highest BCUT2D eigenvalue weighted by Gasteiger charge is 2.89. The molecule has 0 radical (unpaired) electrons. The van der Waals surface area contributed by atoms with Gasteiger partial charge in [0.1, 0.15) is 0 Å². The largest absolute Gasteiger partial charge is 0.0682 e. The van der Waals surface area contributed by atoms with Gasteiger partial charge in [-0.2, -0.15) is 0 Å². The minimum absolute atomic E-state index is 1.07. The van der Waals surface area contributed by atoms with Crippen molar-refractivity contribution in [2.75, 3.05) is 0 Å². The van der Waals surface area contributed by atoms with Gasteiger partial charge in [0.15, 0.2) is 0 Å². The number of rotatable bonds is 15. The van der Waals surface area contributed by atoms with Crippen molar-refractivity contribution in [2.45, 2.75) is 194 Å². The molecule has 1 heterocycles. The maximum absolute atomic E-state index is 2.87. The molecule has 1 saturated heterocycles. The van der Waals surface area contributed by atoms with Crippen molar-refractivity contribution in [2.24, 2.45) is 0 Å². The maximum Gasteiger partial charge on any atom is 0.0407 e.